The first kappa shape index (κ1) is 13.2. The summed E-state index contributed by atoms with van der Waals surface area (Å²) in [6.45, 7) is 11.3. The maximum Gasteiger partial charge on any atom is 0.134 e. The number of rotatable bonds is 3. The van der Waals surface area contributed by atoms with Crippen molar-refractivity contribution in [1.29, 1.82) is 0 Å². The van der Waals surface area contributed by atoms with E-state index in [1.54, 1.807) is 0 Å². The van der Waals surface area contributed by atoms with Crippen LogP contribution in [0.3, 0.4) is 0 Å². The highest BCUT2D eigenvalue weighted by Gasteiger charge is 2.12. The molecule has 2 rings (SSSR count). The van der Waals surface area contributed by atoms with E-state index in [-0.39, 0.29) is 0 Å². The summed E-state index contributed by atoms with van der Waals surface area (Å²) in [5, 5.41) is 1.24. The van der Waals surface area contributed by atoms with Crippen LogP contribution in [0.2, 0.25) is 0 Å². The number of hydrogen-bond acceptors (Lipinski definition) is 1. The van der Waals surface area contributed by atoms with Crippen LogP contribution in [0, 0.1) is 11.3 Å². The van der Waals surface area contributed by atoms with Crippen LogP contribution in [0.5, 0.6) is 0 Å². The maximum absolute atomic E-state index is 5.86. The Bertz CT molecular complexity index is 526. The molecule has 0 spiro atoms. The molecule has 18 heavy (non-hydrogen) atoms. The molecule has 0 unspecified atom stereocenters. The normalized spacial score (nSPS) is 12.6. The van der Waals surface area contributed by atoms with Gasteiger partial charge in [0.25, 0.3) is 0 Å². The van der Waals surface area contributed by atoms with Crippen molar-refractivity contribution in [1.82, 2.24) is 0 Å². The van der Waals surface area contributed by atoms with Crippen LogP contribution in [-0.2, 0) is 12.8 Å². The molecule has 1 aromatic heterocycles. The summed E-state index contributed by atoms with van der Waals surface area (Å²) in [5.41, 5.74) is 2.74. The third kappa shape index (κ3) is 3.38. The molecular formula is C17H24O. The highest BCUT2D eigenvalue weighted by Crippen LogP contribution is 2.26. The first-order chi connectivity index (χ1) is 8.33. The van der Waals surface area contributed by atoms with E-state index in [0.29, 0.717) is 11.3 Å². The Hall–Kier alpha value is -1.24. The first-order valence-electron chi connectivity index (χ1n) is 6.85. The van der Waals surface area contributed by atoms with Gasteiger partial charge in [0.2, 0.25) is 0 Å². The second kappa shape index (κ2) is 4.79. The van der Waals surface area contributed by atoms with Crippen LogP contribution in [0.4, 0.5) is 0 Å². The second-order valence-corrected chi connectivity index (χ2v) is 6.92. The summed E-state index contributed by atoms with van der Waals surface area (Å²) in [6.07, 6.45) is 2.12. The maximum atomic E-state index is 5.86. The van der Waals surface area contributed by atoms with Crippen molar-refractivity contribution in [3.05, 3.63) is 35.6 Å². The lowest BCUT2D eigenvalue weighted by molar-refractivity contribution is 0.411. The van der Waals surface area contributed by atoms with E-state index >= 15 is 0 Å². The zero-order chi connectivity index (χ0) is 13.3. The van der Waals surface area contributed by atoms with Crippen LogP contribution in [-0.4, -0.2) is 0 Å². The smallest absolute Gasteiger partial charge is 0.134 e. The van der Waals surface area contributed by atoms with Crippen molar-refractivity contribution in [3.63, 3.8) is 0 Å². The lowest BCUT2D eigenvalue weighted by Gasteiger charge is -2.17. The molecule has 0 saturated carbocycles. The Balaban J connectivity index is 2.28. The average molecular weight is 244 g/mol. The quantitative estimate of drug-likeness (QED) is 0.721. The minimum Gasteiger partial charge on any atom is -0.461 e. The third-order valence-corrected chi connectivity index (χ3v) is 2.98. The minimum atomic E-state index is 0.332. The van der Waals surface area contributed by atoms with Crippen molar-refractivity contribution in [2.24, 2.45) is 11.3 Å². The largest absolute Gasteiger partial charge is 0.461 e. The molecule has 0 aliphatic carbocycles. The van der Waals surface area contributed by atoms with Gasteiger partial charge >= 0.3 is 0 Å². The minimum absolute atomic E-state index is 0.332. The van der Waals surface area contributed by atoms with Gasteiger partial charge in [0.15, 0.2) is 0 Å². The van der Waals surface area contributed by atoms with E-state index in [1.165, 1.54) is 10.9 Å². The monoisotopic (exact) mass is 244 g/mol. The molecule has 0 radical (unpaired) electrons. The molecule has 0 bridgehead atoms. The van der Waals surface area contributed by atoms with Crippen LogP contribution < -0.4 is 0 Å². The van der Waals surface area contributed by atoms with Gasteiger partial charge in [-0.05, 0) is 41.5 Å². The van der Waals surface area contributed by atoms with Crippen LogP contribution in [0.25, 0.3) is 11.0 Å². The van der Waals surface area contributed by atoms with E-state index in [0.717, 1.165) is 24.2 Å². The Kier molecular flexibility index (Phi) is 3.52. The van der Waals surface area contributed by atoms with E-state index in [1.807, 2.05) is 0 Å². The molecule has 0 saturated heterocycles. The van der Waals surface area contributed by atoms with Crippen LogP contribution in [0.1, 0.15) is 45.9 Å². The number of furan rings is 1. The molecule has 98 valence electrons. The molecule has 1 aromatic carbocycles. The SMILES string of the molecule is CC(C)Cc1cc2cc(CC(C)(C)C)ccc2o1. The molecule has 0 atom stereocenters. The predicted molar refractivity (Wildman–Crippen MR) is 77.9 cm³/mol. The van der Waals surface area contributed by atoms with Gasteiger partial charge in [0.05, 0.1) is 0 Å². The van der Waals surface area contributed by atoms with Gasteiger partial charge in [-0.3, -0.25) is 0 Å². The Labute approximate surface area is 110 Å². The Morgan fingerprint density at radius 2 is 1.83 bits per heavy atom. The molecule has 0 N–H and O–H groups in total. The Morgan fingerprint density at radius 1 is 1.11 bits per heavy atom. The number of benzene rings is 1. The van der Waals surface area contributed by atoms with Gasteiger partial charge in [-0.1, -0.05) is 40.7 Å². The highest BCUT2D eigenvalue weighted by atomic mass is 16.3. The summed E-state index contributed by atoms with van der Waals surface area (Å²) in [5.74, 6) is 1.74. The number of fused-ring (bicyclic) bond motifs is 1. The summed E-state index contributed by atoms with van der Waals surface area (Å²) < 4.78 is 5.86. The predicted octanol–water partition coefficient (Wildman–Crippen LogP) is 5.22. The van der Waals surface area contributed by atoms with E-state index in [4.69, 9.17) is 4.42 Å². The van der Waals surface area contributed by atoms with Gasteiger partial charge in [0.1, 0.15) is 11.3 Å². The summed E-state index contributed by atoms with van der Waals surface area (Å²) in [4.78, 5) is 0. The van der Waals surface area contributed by atoms with Crippen LogP contribution in [0.15, 0.2) is 28.7 Å². The molecule has 0 amide bonds. The molecule has 2 aromatic rings. The van der Waals surface area contributed by atoms with Crippen molar-refractivity contribution in [2.45, 2.75) is 47.5 Å². The third-order valence-electron chi connectivity index (χ3n) is 2.98. The van der Waals surface area contributed by atoms with Crippen molar-refractivity contribution < 1.29 is 4.42 Å². The molecule has 0 aliphatic heterocycles. The number of hydrogen-bond donors (Lipinski definition) is 0. The van der Waals surface area contributed by atoms with E-state index < -0.39 is 0 Å². The van der Waals surface area contributed by atoms with Gasteiger partial charge < -0.3 is 4.42 Å². The average Bonchev–Trinajstić information content (AvgIpc) is 2.55. The summed E-state index contributed by atoms with van der Waals surface area (Å²) >= 11 is 0. The highest BCUT2D eigenvalue weighted by molar-refractivity contribution is 5.78. The van der Waals surface area contributed by atoms with Gasteiger partial charge in [-0.25, -0.2) is 0 Å². The topological polar surface area (TPSA) is 13.1 Å². The standard InChI is InChI=1S/C17H24O/c1-12(2)8-15-10-14-9-13(11-17(3,4)5)6-7-16(14)18-15/h6-7,9-10,12H,8,11H2,1-5H3. The molecule has 0 fully saturated rings. The molecule has 1 nitrogen and oxygen atoms in total. The van der Waals surface area contributed by atoms with E-state index in [9.17, 15) is 0 Å². The second-order valence-electron chi connectivity index (χ2n) is 6.92. The summed E-state index contributed by atoms with van der Waals surface area (Å²) in [6, 6.07) is 8.77. The first-order valence-corrected chi connectivity index (χ1v) is 6.85. The van der Waals surface area contributed by atoms with Crippen molar-refractivity contribution in [2.75, 3.05) is 0 Å². The van der Waals surface area contributed by atoms with Crippen molar-refractivity contribution in [3.8, 4) is 0 Å². The zero-order valence-corrected chi connectivity index (χ0v) is 12.2. The van der Waals surface area contributed by atoms with Crippen molar-refractivity contribution >= 4 is 11.0 Å². The fourth-order valence-corrected chi connectivity index (χ4v) is 2.37. The fraction of sp³-hybridized carbons (Fsp3) is 0.529. The van der Waals surface area contributed by atoms with Gasteiger partial charge in [-0.15, -0.1) is 0 Å². The molecule has 1 heterocycles. The van der Waals surface area contributed by atoms with Gasteiger partial charge in [0, 0.05) is 11.8 Å². The molecule has 1 heteroatoms. The van der Waals surface area contributed by atoms with E-state index in [2.05, 4.69) is 58.9 Å². The van der Waals surface area contributed by atoms with Gasteiger partial charge in [-0.2, -0.15) is 0 Å². The lowest BCUT2D eigenvalue weighted by atomic mass is 9.88. The fourth-order valence-electron chi connectivity index (χ4n) is 2.37. The molecular weight excluding hydrogens is 220 g/mol. The molecule has 0 aliphatic rings. The van der Waals surface area contributed by atoms with Crippen LogP contribution >= 0.6 is 0 Å². The summed E-state index contributed by atoms with van der Waals surface area (Å²) in [7, 11) is 0. The zero-order valence-electron chi connectivity index (χ0n) is 12.2. The Morgan fingerprint density at radius 3 is 2.44 bits per heavy atom. The lowest BCUT2D eigenvalue weighted by Crippen LogP contribution is -2.08.